The highest BCUT2D eigenvalue weighted by atomic mass is 32.2. The molecule has 0 aliphatic heterocycles. The van der Waals surface area contributed by atoms with Crippen LogP contribution in [0.5, 0.6) is 0 Å². The second-order valence-corrected chi connectivity index (χ2v) is 4.82. The Morgan fingerprint density at radius 1 is 1.29 bits per heavy atom. The Balaban J connectivity index is 3.31. The van der Waals surface area contributed by atoms with Crippen LogP contribution in [0.2, 0.25) is 0 Å². The summed E-state index contributed by atoms with van der Waals surface area (Å²) in [6.07, 6.45) is 0. The Labute approximate surface area is 95.7 Å². The number of halogens is 3. The van der Waals surface area contributed by atoms with Crippen molar-refractivity contribution in [2.45, 2.75) is 17.9 Å². The maximum absolute atomic E-state index is 13.2. The standard InChI is InChI=1S/C9H7F3N2O2S/c1-5(4-13)14-17(15,16)9-7(11)2-6(10)3-8(9)12/h2-3,5,14H,1H3. The summed E-state index contributed by atoms with van der Waals surface area (Å²) in [5, 5.41) is 8.40. The molecule has 0 fully saturated rings. The van der Waals surface area contributed by atoms with Gasteiger partial charge < -0.3 is 0 Å². The molecule has 1 rings (SSSR count). The van der Waals surface area contributed by atoms with Gasteiger partial charge in [-0.15, -0.1) is 0 Å². The van der Waals surface area contributed by atoms with Gasteiger partial charge in [0, 0.05) is 12.1 Å². The molecule has 92 valence electrons. The zero-order valence-corrected chi connectivity index (χ0v) is 9.35. The van der Waals surface area contributed by atoms with Gasteiger partial charge >= 0.3 is 0 Å². The summed E-state index contributed by atoms with van der Waals surface area (Å²) in [5.41, 5.74) is 0. The van der Waals surface area contributed by atoms with Crippen LogP contribution >= 0.6 is 0 Å². The number of benzene rings is 1. The molecular weight excluding hydrogens is 257 g/mol. The van der Waals surface area contributed by atoms with Crippen molar-refractivity contribution >= 4 is 10.0 Å². The van der Waals surface area contributed by atoms with Crippen LogP contribution in [-0.4, -0.2) is 14.5 Å². The fourth-order valence-electron chi connectivity index (χ4n) is 1.10. The van der Waals surface area contributed by atoms with Crippen molar-refractivity contribution in [3.8, 4) is 6.07 Å². The average Bonchev–Trinajstić information content (AvgIpc) is 2.14. The lowest BCUT2D eigenvalue weighted by molar-refractivity contribution is 0.493. The van der Waals surface area contributed by atoms with E-state index in [9.17, 15) is 21.6 Å². The van der Waals surface area contributed by atoms with Crippen LogP contribution in [0.4, 0.5) is 13.2 Å². The Hall–Kier alpha value is -1.59. The third-order valence-corrected chi connectivity index (χ3v) is 3.35. The summed E-state index contributed by atoms with van der Waals surface area (Å²) in [6.45, 7) is 1.19. The Morgan fingerprint density at radius 3 is 2.18 bits per heavy atom. The van der Waals surface area contributed by atoms with Crippen LogP contribution < -0.4 is 4.72 Å². The molecule has 0 amide bonds. The first-order chi connectivity index (χ1) is 7.77. The van der Waals surface area contributed by atoms with Gasteiger partial charge in [-0.3, -0.25) is 0 Å². The van der Waals surface area contributed by atoms with Gasteiger partial charge in [-0.1, -0.05) is 0 Å². The minimum atomic E-state index is -4.54. The van der Waals surface area contributed by atoms with Gasteiger partial charge in [0.25, 0.3) is 0 Å². The quantitative estimate of drug-likeness (QED) is 0.894. The van der Waals surface area contributed by atoms with E-state index in [2.05, 4.69) is 0 Å². The van der Waals surface area contributed by atoms with Crippen LogP contribution in [-0.2, 0) is 10.0 Å². The molecule has 0 aromatic heterocycles. The molecule has 4 nitrogen and oxygen atoms in total. The lowest BCUT2D eigenvalue weighted by Crippen LogP contribution is -2.32. The van der Waals surface area contributed by atoms with E-state index in [1.165, 1.54) is 13.0 Å². The number of nitrogens with zero attached hydrogens (tertiary/aromatic N) is 1. The van der Waals surface area contributed by atoms with Crippen LogP contribution in [0.25, 0.3) is 0 Å². The molecule has 0 heterocycles. The molecular formula is C9H7F3N2O2S. The normalized spacial score (nSPS) is 13.1. The molecule has 1 unspecified atom stereocenters. The van der Waals surface area contributed by atoms with E-state index in [1.54, 1.807) is 4.72 Å². The van der Waals surface area contributed by atoms with Gasteiger partial charge in [0.05, 0.1) is 6.07 Å². The molecule has 1 atom stereocenters. The predicted molar refractivity (Wildman–Crippen MR) is 51.7 cm³/mol. The smallest absolute Gasteiger partial charge is 0.207 e. The molecule has 0 bridgehead atoms. The first-order valence-corrected chi connectivity index (χ1v) is 5.82. The highest BCUT2D eigenvalue weighted by Crippen LogP contribution is 2.20. The number of sulfonamides is 1. The third-order valence-electron chi connectivity index (χ3n) is 1.76. The summed E-state index contributed by atoms with van der Waals surface area (Å²) in [7, 11) is -4.54. The maximum atomic E-state index is 13.2. The molecule has 1 aromatic carbocycles. The zero-order valence-electron chi connectivity index (χ0n) is 8.54. The fraction of sp³-hybridized carbons (Fsp3) is 0.222. The second-order valence-electron chi connectivity index (χ2n) is 3.17. The first kappa shape index (κ1) is 13.5. The van der Waals surface area contributed by atoms with E-state index in [0.717, 1.165) is 0 Å². The van der Waals surface area contributed by atoms with E-state index >= 15 is 0 Å². The monoisotopic (exact) mass is 264 g/mol. The minimum Gasteiger partial charge on any atom is -0.207 e. The molecule has 0 aliphatic carbocycles. The van der Waals surface area contributed by atoms with Gasteiger partial charge in [-0.25, -0.2) is 21.6 Å². The largest absolute Gasteiger partial charge is 0.247 e. The maximum Gasteiger partial charge on any atom is 0.247 e. The summed E-state index contributed by atoms with van der Waals surface area (Å²) < 4.78 is 63.6. The summed E-state index contributed by atoms with van der Waals surface area (Å²) in [5.74, 6) is -4.34. The van der Waals surface area contributed by atoms with Crippen molar-refractivity contribution in [1.82, 2.24) is 4.72 Å². The number of rotatable bonds is 3. The Morgan fingerprint density at radius 2 is 1.76 bits per heavy atom. The Kier molecular flexibility index (Phi) is 3.75. The van der Waals surface area contributed by atoms with Crippen molar-refractivity contribution in [3.63, 3.8) is 0 Å². The molecule has 0 saturated carbocycles. The predicted octanol–water partition coefficient (Wildman–Crippen LogP) is 1.29. The van der Waals surface area contributed by atoms with Gasteiger partial charge in [0.15, 0.2) is 4.90 Å². The van der Waals surface area contributed by atoms with E-state index in [0.29, 0.717) is 0 Å². The van der Waals surface area contributed by atoms with E-state index in [-0.39, 0.29) is 12.1 Å². The van der Waals surface area contributed by atoms with Gasteiger partial charge in [-0.2, -0.15) is 9.98 Å². The Bertz CT molecular complexity index is 557. The zero-order chi connectivity index (χ0) is 13.2. The second kappa shape index (κ2) is 4.73. The van der Waals surface area contributed by atoms with Gasteiger partial charge in [0.1, 0.15) is 23.5 Å². The number of nitriles is 1. The summed E-state index contributed by atoms with van der Waals surface area (Å²) in [6, 6.07) is 0.858. The molecule has 17 heavy (non-hydrogen) atoms. The lowest BCUT2D eigenvalue weighted by Gasteiger charge is -2.09. The van der Waals surface area contributed by atoms with Crippen molar-refractivity contribution in [3.05, 3.63) is 29.6 Å². The highest BCUT2D eigenvalue weighted by molar-refractivity contribution is 7.89. The number of nitrogens with one attached hydrogen (secondary N) is 1. The van der Waals surface area contributed by atoms with Crippen molar-refractivity contribution in [1.29, 1.82) is 5.26 Å². The molecule has 0 saturated heterocycles. The van der Waals surface area contributed by atoms with Gasteiger partial charge in [-0.05, 0) is 6.92 Å². The fourth-order valence-corrected chi connectivity index (χ4v) is 2.37. The summed E-state index contributed by atoms with van der Waals surface area (Å²) >= 11 is 0. The van der Waals surface area contributed by atoms with Crippen molar-refractivity contribution in [2.24, 2.45) is 0 Å². The average molecular weight is 264 g/mol. The van der Waals surface area contributed by atoms with Crippen molar-refractivity contribution in [2.75, 3.05) is 0 Å². The van der Waals surface area contributed by atoms with E-state index in [1.807, 2.05) is 0 Å². The number of hydrogen-bond donors (Lipinski definition) is 1. The van der Waals surface area contributed by atoms with E-state index < -0.39 is 38.4 Å². The minimum absolute atomic E-state index is 0.245. The molecule has 0 radical (unpaired) electrons. The highest BCUT2D eigenvalue weighted by Gasteiger charge is 2.26. The van der Waals surface area contributed by atoms with Crippen molar-refractivity contribution < 1.29 is 21.6 Å². The number of hydrogen-bond acceptors (Lipinski definition) is 3. The molecule has 1 N–H and O–H groups in total. The SMILES string of the molecule is CC(C#N)NS(=O)(=O)c1c(F)cc(F)cc1F. The lowest BCUT2D eigenvalue weighted by atomic mass is 10.3. The van der Waals surface area contributed by atoms with Crippen LogP contribution in [0.3, 0.4) is 0 Å². The van der Waals surface area contributed by atoms with E-state index in [4.69, 9.17) is 5.26 Å². The van der Waals surface area contributed by atoms with Crippen LogP contribution in [0.1, 0.15) is 6.92 Å². The molecule has 8 heteroatoms. The molecule has 0 spiro atoms. The molecule has 1 aromatic rings. The van der Waals surface area contributed by atoms with Crippen LogP contribution in [0.15, 0.2) is 17.0 Å². The first-order valence-electron chi connectivity index (χ1n) is 4.34. The summed E-state index contributed by atoms with van der Waals surface area (Å²) in [4.78, 5) is -1.30. The van der Waals surface area contributed by atoms with Gasteiger partial charge in [0.2, 0.25) is 10.0 Å². The molecule has 0 aliphatic rings. The topological polar surface area (TPSA) is 70.0 Å². The third kappa shape index (κ3) is 2.95. The van der Waals surface area contributed by atoms with Crippen LogP contribution in [0, 0.1) is 28.8 Å².